The molecule has 0 unspecified atom stereocenters. The molecule has 3 N–H and O–H groups in total. The van der Waals surface area contributed by atoms with Gasteiger partial charge in [0.1, 0.15) is 0 Å². The summed E-state index contributed by atoms with van der Waals surface area (Å²) in [5, 5.41) is 0. The van der Waals surface area contributed by atoms with Crippen molar-refractivity contribution < 1.29 is 0 Å². The summed E-state index contributed by atoms with van der Waals surface area (Å²) < 4.78 is 2.94. The minimum absolute atomic E-state index is 0. The SMILES string of the molecule is Nc1ccccc1NI.S. The zero-order valence-corrected chi connectivity index (χ0v) is 8.42. The second-order valence-electron chi connectivity index (χ2n) is 1.68. The third-order valence-corrected chi connectivity index (χ3v) is 1.64. The Labute approximate surface area is 81.1 Å². The second kappa shape index (κ2) is 4.68. The van der Waals surface area contributed by atoms with E-state index in [1.165, 1.54) is 0 Å². The van der Waals surface area contributed by atoms with Crippen LogP contribution in [0.1, 0.15) is 0 Å². The summed E-state index contributed by atoms with van der Waals surface area (Å²) >= 11 is 2.05. The fourth-order valence-electron chi connectivity index (χ4n) is 0.583. The summed E-state index contributed by atoms with van der Waals surface area (Å²) in [4.78, 5) is 0. The van der Waals surface area contributed by atoms with Crippen molar-refractivity contribution in [3.63, 3.8) is 0 Å². The van der Waals surface area contributed by atoms with Gasteiger partial charge in [-0.05, 0) is 12.1 Å². The molecule has 0 heterocycles. The molecule has 0 fully saturated rings. The van der Waals surface area contributed by atoms with Crippen molar-refractivity contribution in [3.8, 4) is 0 Å². The fourth-order valence-corrected chi connectivity index (χ4v) is 1.07. The summed E-state index contributed by atoms with van der Waals surface area (Å²) in [6.07, 6.45) is 0. The topological polar surface area (TPSA) is 38.0 Å². The number of hydrogen-bond donors (Lipinski definition) is 2. The molecule has 1 aromatic rings. The molecule has 1 aromatic carbocycles. The van der Waals surface area contributed by atoms with Gasteiger partial charge in [-0.2, -0.15) is 13.5 Å². The van der Waals surface area contributed by atoms with Gasteiger partial charge in [0.15, 0.2) is 0 Å². The standard InChI is InChI=1S/C6H7IN2.H2S/c7-9-6-4-2-1-3-5(6)8;/h1-4,9H,8H2;1H2. The third kappa shape index (κ3) is 2.26. The van der Waals surface area contributed by atoms with Crippen molar-refractivity contribution in [1.82, 2.24) is 0 Å². The first-order chi connectivity index (χ1) is 4.34. The van der Waals surface area contributed by atoms with Crippen LogP contribution in [0.5, 0.6) is 0 Å². The Morgan fingerprint density at radius 1 is 1.30 bits per heavy atom. The lowest BCUT2D eigenvalue weighted by atomic mass is 10.3. The summed E-state index contributed by atoms with van der Waals surface area (Å²) in [5.74, 6) is 0. The number of hydrogen-bond acceptors (Lipinski definition) is 2. The number of anilines is 2. The van der Waals surface area contributed by atoms with E-state index in [-0.39, 0.29) is 13.5 Å². The monoisotopic (exact) mass is 268 g/mol. The number of nitrogens with two attached hydrogens (primary N) is 1. The van der Waals surface area contributed by atoms with Crippen LogP contribution in [-0.4, -0.2) is 0 Å². The highest BCUT2D eigenvalue weighted by molar-refractivity contribution is 14.1. The Morgan fingerprint density at radius 2 is 1.90 bits per heavy atom. The first-order valence-electron chi connectivity index (χ1n) is 2.56. The Balaban J connectivity index is 0.000000810. The number of benzene rings is 1. The van der Waals surface area contributed by atoms with E-state index in [1.807, 2.05) is 47.1 Å². The number of halogens is 1. The number of nitrogen functional groups attached to an aromatic ring is 1. The van der Waals surface area contributed by atoms with Crippen LogP contribution in [0, 0.1) is 0 Å². The Hall–Kier alpha value is -0.100. The highest BCUT2D eigenvalue weighted by Crippen LogP contribution is 2.17. The van der Waals surface area contributed by atoms with Crippen molar-refractivity contribution in [2.24, 2.45) is 0 Å². The van der Waals surface area contributed by atoms with Crippen molar-refractivity contribution in [2.75, 3.05) is 9.26 Å². The van der Waals surface area contributed by atoms with E-state index in [0.717, 1.165) is 11.4 Å². The normalized spacial score (nSPS) is 8.10. The Morgan fingerprint density at radius 3 is 2.30 bits per heavy atom. The second-order valence-corrected chi connectivity index (χ2v) is 2.22. The minimum atomic E-state index is 0. The fraction of sp³-hybridized carbons (Fsp3) is 0. The van der Waals surface area contributed by atoms with Gasteiger partial charge in [0.05, 0.1) is 34.2 Å². The molecule has 0 saturated heterocycles. The average Bonchev–Trinajstić information content (AvgIpc) is 1.89. The van der Waals surface area contributed by atoms with E-state index in [9.17, 15) is 0 Å². The van der Waals surface area contributed by atoms with Crippen LogP contribution in [0.2, 0.25) is 0 Å². The highest BCUT2D eigenvalue weighted by atomic mass is 127. The third-order valence-electron chi connectivity index (χ3n) is 1.06. The van der Waals surface area contributed by atoms with Crippen LogP contribution < -0.4 is 9.26 Å². The summed E-state index contributed by atoms with van der Waals surface area (Å²) in [6, 6.07) is 7.65. The molecule has 0 aliphatic heterocycles. The minimum Gasteiger partial charge on any atom is -0.397 e. The van der Waals surface area contributed by atoms with Gasteiger partial charge in [-0.15, -0.1) is 0 Å². The lowest BCUT2D eigenvalue weighted by Gasteiger charge is -1.99. The summed E-state index contributed by atoms with van der Waals surface area (Å²) in [6.45, 7) is 0. The van der Waals surface area contributed by atoms with E-state index in [4.69, 9.17) is 5.73 Å². The van der Waals surface area contributed by atoms with Gasteiger partial charge in [0.25, 0.3) is 0 Å². The molecule has 0 saturated carbocycles. The van der Waals surface area contributed by atoms with Crippen molar-refractivity contribution in [1.29, 1.82) is 0 Å². The molecular formula is C6H9IN2S. The van der Waals surface area contributed by atoms with Crippen LogP contribution in [0.3, 0.4) is 0 Å². The lowest BCUT2D eigenvalue weighted by Crippen LogP contribution is -1.88. The highest BCUT2D eigenvalue weighted by Gasteiger charge is 1.90. The predicted octanol–water partition coefficient (Wildman–Crippen LogP) is 2.14. The summed E-state index contributed by atoms with van der Waals surface area (Å²) in [7, 11) is 0. The van der Waals surface area contributed by atoms with Crippen LogP contribution in [0.15, 0.2) is 24.3 Å². The van der Waals surface area contributed by atoms with Gasteiger partial charge in [0, 0.05) is 0 Å². The quantitative estimate of drug-likeness (QED) is 0.465. The number of nitrogens with one attached hydrogen (secondary N) is 1. The van der Waals surface area contributed by atoms with Gasteiger partial charge < -0.3 is 9.26 Å². The zero-order chi connectivity index (χ0) is 6.69. The van der Waals surface area contributed by atoms with Gasteiger partial charge in [-0.1, -0.05) is 12.1 Å². The molecule has 0 aliphatic rings. The summed E-state index contributed by atoms with van der Waals surface area (Å²) in [5.41, 5.74) is 7.32. The molecule has 0 atom stereocenters. The van der Waals surface area contributed by atoms with Crippen LogP contribution in [-0.2, 0) is 0 Å². The molecule has 10 heavy (non-hydrogen) atoms. The average molecular weight is 268 g/mol. The molecule has 0 spiro atoms. The van der Waals surface area contributed by atoms with E-state index in [1.54, 1.807) is 0 Å². The molecule has 1 rings (SSSR count). The predicted molar refractivity (Wildman–Crippen MR) is 58.9 cm³/mol. The van der Waals surface area contributed by atoms with Gasteiger partial charge >= 0.3 is 0 Å². The van der Waals surface area contributed by atoms with E-state index >= 15 is 0 Å². The molecular weight excluding hydrogens is 259 g/mol. The van der Waals surface area contributed by atoms with E-state index in [0.29, 0.717) is 0 Å². The molecule has 0 aromatic heterocycles. The van der Waals surface area contributed by atoms with Gasteiger partial charge in [-0.3, -0.25) is 0 Å². The zero-order valence-electron chi connectivity index (χ0n) is 5.26. The first kappa shape index (κ1) is 9.90. The first-order valence-corrected chi connectivity index (χ1v) is 3.63. The Bertz CT molecular complexity index is 205. The van der Waals surface area contributed by atoms with Crippen molar-refractivity contribution in [3.05, 3.63) is 24.3 Å². The molecule has 56 valence electrons. The lowest BCUT2D eigenvalue weighted by molar-refractivity contribution is 1.68. The van der Waals surface area contributed by atoms with Crippen LogP contribution >= 0.6 is 36.4 Å². The maximum Gasteiger partial charge on any atom is 0.0660 e. The molecule has 0 amide bonds. The maximum atomic E-state index is 5.56. The maximum absolute atomic E-state index is 5.56. The van der Waals surface area contributed by atoms with E-state index < -0.39 is 0 Å². The molecule has 0 aliphatic carbocycles. The van der Waals surface area contributed by atoms with E-state index in [2.05, 4.69) is 3.53 Å². The molecule has 0 bridgehead atoms. The van der Waals surface area contributed by atoms with Crippen molar-refractivity contribution >= 4 is 47.7 Å². The number of rotatable bonds is 1. The molecule has 0 radical (unpaired) electrons. The molecule has 2 nitrogen and oxygen atoms in total. The smallest absolute Gasteiger partial charge is 0.0660 e. The van der Waals surface area contributed by atoms with Crippen molar-refractivity contribution in [2.45, 2.75) is 0 Å². The number of para-hydroxylation sites is 2. The molecule has 4 heteroatoms. The van der Waals surface area contributed by atoms with Crippen LogP contribution in [0.4, 0.5) is 11.4 Å². The van der Waals surface area contributed by atoms with Crippen LogP contribution in [0.25, 0.3) is 0 Å². The van der Waals surface area contributed by atoms with Gasteiger partial charge in [0.2, 0.25) is 0 Å². The van der Waals surface area contributed by atoms with Gasteiger partial charge in [-0.25, -0.2) is 0 Å². The Kier molecular flexibility index (Phi) is 4.63. The largest absolute Gasteiger partial charge is 0.397 e.